The maximum Gasteiger partial charge on any atom is 0.257 e. The van der Waals surface area contributed by atoms with E-state index in [9.17, 15) is 4.79 Å². The lowest BCUT2D eigenvalue weighted by atomic mass is 10.2. The second-order valence-electron chi connectivity index (χ2n) is 5.37. The van der Waals surface area contributed by atoms with Crippen LogP contribution in [-0.2, 0) is 0 Å². The van der Waals surface area contributed by atoms with Gasteiger partial charge in [-0.15, -0.1) is 15.3 Å². The number of nitrogen functional groups attached to an aromatic ring is 1. The van der Waals surface area contributed by atoms with Crippen LogP contribution < -0.4 is 11.1 Å². The van der Waals surface area contributed by atoms with Gasteiger partial charge < -0.3 is 11.1 Å². The molecule has 128 valence electrons. The van der Waals surface area contributed by atoms with Crippen LogP contribution in [0.5, 0.6) is 0 Å². The number of para-hydroxylation sites is 1. The van der Waals surface area contributed by atoms with Crippen molar-refractivity contribution in [2.45, 2.75) is 0 Å². The van der Waals surface area contributed by atoms with Crippen LogP contribution in [0.4, 0.5) is 11.5 Å². The summed E-state index contributed by atoms with van der Waals surface area (Å²) in [5.41, 5.74) is 9.96. The van der Waals surface area contributed by atoms with Gasteiger partial charge in [-0.3, -0.25) is 9.78 Å². The molecule has 0 fully saturated rings. The predicted molar refractivity (Wildman–Crippen MR) is 99.1 cm³/mol. The molecule has 0 aliphatic carbocycles. The molecule has 0 spiro atoms. The van der Waals surface area contributed by atoms with Crippen LogP contribution in [0.25, 0.3) is 16.3 Å². The number of pyridine rings is 1. The number of hydrogen-bond donors (Lipinski definition) is 2. The summed E-state index contributed by atoms with van der Waals surface area (Å²) < 4.78 is 1.61. The van der Waals surface area contributed by atoms with E-state index in [0.29, 0.717) is 16.3 Å². The lowest BCUT2D eigenvalue weighted by molar-refractivity contribution is 0.102. The Morgan fingerprint density at radius 2 is 2.04 bits per heavy atom. The second kappa shape index (κ2) is 6.73. The van der Waals surface area contributed by atoms with Crippen molar-refractivity contribution in [2.24, 2.45) is 0 Å². The molecule has 0 aliphatic heterocycles. The van der Waals surface area contributed by atoms with Crippen LogP contribution in [-0.4, -0.2) is 30.9 Å². The summed E-state index contributed by atoms with van der Waals surface area (Å²) in [7, 11) is 0. The number of carbonyl (C=O) groups excluding carboxylic acids is 1. The van der Waals surface area contributed by atoms with Crippen molar-refractivity contribution >= 4 is 28.7 Å². The molecule has 1 aromatic carbocycles. The molecule has 0 aliphatic rings. The van der Waals surface area contributed by atoms with Gasteiger partial charge in [-0.05, 0) is 18.2 Å². The van der Waals surface area contributed by atoms with E-state index < -0.39 is 0 Å². The first-order valence-corrected chi connectivity index (χ1v) is 8.52. The monoisotopic (exact) mass is 363 g/mol. The molecule has 26 heavy (non-hydrogen) atoms. The number of hydrogen-bond acceptors (Lipinski definition) is 7. The topological polar surface area (TPSA) is 112 Å². The van der Waals surface area contributed by atoms with Gasteiger partial charge in [-0.25, -0.2) is 4.68 Å². The molecule has 4 rings (SSSR count). The number of nitrogens with one attached hydrogen (secondary N) is 1. The minimum atomic E-state index is -0.330. The number of carbonyl (C=O) groups is 1. The fourth-order valence-electron chi connectivity index (χ4n) is 2.37. The minimum Gasteiger partial charge on any atom is -0.380 e. The van der Waals surface area contributed by atoms with Gasteiger partial charge in [-0.1, -0.05) is 29.5 Å². The van der Waals surface area contributed by atoms with Crippen LogP contribution in [0.1, 0.15) is 10.4 Å². The Hall–Kier alpha value is -3.59. The van der Waals surface area contributed by atoms with Gasteiger partial charge >= 0.3 is 0 Å². The first-order chi connectivity index (χ1) is 12.7. The Kier molecular flexibility index (Phi) is 4.12. The second-order valence-corrected chi connectivity index (χ2v) is 6.20. The largest absolute Gasteiger partial charge is 0.380 e. The standard InChI is InChI=1S/C17H13N7OS/c18-15-14(9-24(23-15)13-4-2-1-3-5-13)21-16(25)11-6-12(8-19-7-11)17-22-20-10-26-17/h1-10H,(H2,18,23)(H,21,25). The van der Waals surface area contributed by atoms with Gasteiger partial charge in [0.2, 0.25) is 0 Å². The quantitative estimate of drug-likeness (QED) is 0.576. The molecule has 9 heteroatoms. The van der Waals surface area contributed by atoms with Crippen LogP contribution in [0.3, 0.4) is 0 Å². The van der Waals surface area contributed by atoms with Gasteiger partial charge in [0.05, 0.1) is 17.4 Å². The zero-order valence-corrected chi connectivity index (χ0v) is 14.2. The SMILES string of the molecule is Nc1nn(-c2ccccc2)cc1NC(=O)c1cncc(-c2nncs2)c1. The average Bonchev–Trinajstić information content (AvgIpc) is 3.33. The first kappa shape index (κ1) is 15.9. The van der Waals surface area contributed by atoms with E-state index in [-0.39, 0.29) is 11.7 Å². The minimum absolute atomic E-state index is 0.232. The molecule has 0 bridgehead atoms. The maximum atomic E-state index is 12.6. The van der Waals surface area contributed by atoms with Crippen LogP contribution in [0, 0.1) is 0 Å². The number of aromatic nitrogens is 5. The van der Waals surface area contributed by atoms with Crippen LogP contribution in [0.15, 0.2) is 60.5 Å². The molecule has 0 unspecified atom stereocenters. The summed E-state index contributed by atoms with van der Waals surface area (Å²) in [6.45, 7) is 0. The van der Waals surface area contributed by atoms with Gasteiger partial charge in [0, 0.05) is 18.0 Å². The molecule has 0 saturated carbocycles. The Bertz CT molecular complexity index is 1040. The van der Waals surface area contributed by atoms with E-state index in [1.54, 1.807) is 28.7 Å². The third kappa shape index (κ3) is 3.15. The number of amides is 1. The summed E-state index contributed by atoms with van der Waals surface area (Å²) in [5, 5.41) is 15.5. The van der Waals surface area contributed by atoms with Gasteiger partial charge in [-0.2, -0.15) is 0 Å². The lowest BCUT2D eigenvalue weighted by Crippen LogP contribution is -2.13. The van der Waals surface area contributed by atoms with E-state index in [2.05, 4.69) is 25.6 Å². The Morgan fingerprint density at radius 3 is 2.81 bits per heavy atom. The molecular formula is C17H13N7OS. The number of anilines is 2. The third-order valence-electron chi connectivity index (χ3n) is 3.62. The Labute approximate surface area is 152 Å². The highest BCUT2D eigenvalue weighted by Crippen LogP contribution is 2.22. The summed E-state index contributed by atoms with van der Waals surface area (Å²) >= 11 is 1.38. The van der Waals surface area contributed by atoms with Crippen molar-refractivity contribution in [1.82, 2.24) is 25.0 Å². The number of nitrogens with zero attached hydrogens (tertiary/aromatic N) is 5. The fraction of sp³-hybridized carbons (Fsp3) is 0. The number of rotatable bonds is 4. The zero-order chi connectivity index (χ0) is 17.9. The molecule has 8 nitrogen and oxygen atoms in total. The van der Waals surface area contributed by atoms with E-state index in [1.807, 2.05) is 30.3 Å². The maximum absolute atomic E-state index is 12.6. The highest BCUT2D eigenvalue weighted by molar-refractivity contribution is 7.12. The van der Waals surface area contributed by atoms with Gasteiger partial charge in [0.1, 0.15) is 16.2 Å². The van der Waals surface area contributed by atoms with Crippen molar-refractivity contribution in [3.8, 4) is 16.3 Å². The molecule has 0 radical (unpaired) electrons. The van der Waals surface area contributed by atoms with E-state index in [4.69, 9.17) is 5.73 Å². The van der Waals surface area contributed by atoms with Gasteiger partial charge in [0.25, 0.3) is 5.91 Å². The van der Waals surface area contributed by atoms with Crippen LogP contribution >= 0.6 is 11.3 Å². The van der Waals surface area contributed by atoms with E-state index in [0.717, 1.165) is 11.3 Å². The number of benzene rings is 1. The van der Waals surface area contributed by atoms with Crippen LogP contribution in [0.2, 0.25) is 0 Å². The third-order valence-corrected chi connectivity index (χ3v) is 4.36. The molecule has 1 amide bonds. The molecule has 3 N–H and O–H groups in total. The molecule has 0 atom stereocenters. The predicted octanol–water partition coefficient (Wildman–Crippen LogP) is 2.62. The average molecular weight is 363 g/mol. The number of nitrogens with two attached hydrogens (primary N) is 1. The van der Waals surface area contributed by atoms with Gasteiger partial charge in [0.15, 0.2) is 5.82 Å². The molecule has 0 saturated heterocycles. The fourth-order valence-corrected chi connectivity index (χ4v) is 2.91. The summed E-state index contributed by atoms with van der Waals surface area (Å²) in [4.78, 5) is 16.7. The highest BCUT2D eigenvalue weighted by Gasteiger charge is 2.14. The van der Waals surface area contributed by atoms with Crippen molar-refractivity contribution in [2.75, 3.05) is 11.1 Å². The normalized spacial score (nSPS) is 10.6. The van der Waals surface area contributed by atoms with E-state index in [1.165, 1.54) is 17.5 Å². The summed E-state index contributed by atoms with van der Waals surface area (Å²) in [6, 6.07) is 11.2. The smallest absolute Gasteiger partial charge is 0.257 e. The van der Waals surface area contributed by atoms with Crippen molar-refractivity contribution in [3.63, 3.8) is 0 Å². The highest BCUT2D eigenvalue weighted by atomic mass is 32.1. The molecular weight excluding hydrogens is 350 g/mol. The molecule has 3 aromatic heterocycles. The Morgan fingerprint density at radius 1 is 1.19 bits per heavy atom. The van der Waals surface area contributed by atoms with Crippen molar-refractivity contribution in [1.29, 1.82) is 0 Å². The lowest BCUT2D eigenvalue weighted by Gasteiger charge is -2.04. The van der Waals surface area contributed by atoms with E-state index >= 15 is 0 Å². The zero-order valence-electron chi connectivity index (χ0n) is 13.4. The van der Waals surface area contributed by atoms with Crippen molar-refractivity contribution < 1.29 is 4.79 Å². The molecule has 3 heterocycles. The molecule has 4 aromatic rings. The summed E-state index contributed by atoms with van der Waals surface area (Å²) in [5.74, 6) is -0.0985. The Balaban J connectivity index is 1.57. The first-order valence-electron chi connectivity index (χ1n) is 7.64. The summed E-state index contributed by atoms with van der Waals surface area (Å²) in [6.07, 6.45) is 4.79. The van der Waals surface area contributed by atoms with Crippen molar-refractivity contribution in [3.05, 3.63) is 66.1 Å².